The van der Waals surface area contributed by atoms with Gasteiger partial charge in [-0.25, -0.2) is 24.9 Å². The number of nitrogens with zero attached hydrogens (tertiary/aromatic N) is 6. The molecule has 5 aromatic heterocycles. The molecule has 0 bridgehead atoms. The molecule has 5 heterocycles. The molecular formula is C37H36BrN9S2. The SMILES string of the molecule is Cc1cccc(Nc2nc(-c3ccc(-c4ccc(N(C)C)nc4)cc3)cs2)n1.Cc1cccc(Nc2nc(-c3ccc(Br)cc3)cs2)n1.N. The number of aromatic nitrogens is 5. The monoisotopic (exact) mass is 749 g/mol. The molecule has 0 spiro atoms. The number of nitrogens with one attached hydrogen (secondary N) is 2. The second-order valence-electron chi connectivity index (χ2n) is 11.0. The van der Waals surface area contributed by atoms with E-state index < -0.39 is 0 Å². The number of pyridine rings is 3. The Morgan fingerprint density at radius 3 is 1.49 bits per heavy atom. The molecule has 0 fully saturated rings. The lowest BCUT2D eigenvalue weighted by Crippen LogP contribution is -2.09. The van der Waals surface area contributed by atoms with E-state index >= 15 is 0 Å². The lowest BCUT2D eigenvalue weighted by Gasteiger charge is -2.11. The molecule has 0 saturated carbocycles. The lowest BCUT2D eigenvalue weighted by molar-refractivity contribution is 1.07. The Hall–Kier alpha value is -5.01. The van der Waals surface area contributed by atoms with Gasteiger partial charge >= 0.3 is 0 Å². The highest BCUT2D eigenvalue weighted by atomic mass is 79.9. The van der Waals surface area contributed by atoms with Crippen molar-refractivity contribution in [3.63, 3.8) is 0 Å². The smallest absolute Gasteiger partial charge is 0.188 e. The molecule has 9 nitrogen and oxygen atoms in total. The molecule has 0 amide bonds. The average molecular weight is 751 g/mol. The molecule has 0 aliphatic rings. The first-order chi connectivity index (χ1) is 23.3. The number of rotatable bonds is 8. The minimum atomic E-state index is 0. The maximum Gasteiger partial charge on any atom is 0.188 e. The van der Waals surface area contributed by atoms with Crippen LogP contribution >= 0.6 is 38.6 Å². The van der Waals surface area contributed by atoms with E-state index in [2.05, 4.69) is 87.2 Å². The Morgan fingerprint density at radius 1 is 0.571 bits per heavy atom. The van der Waals surface area contributed by atoms with Gasteiger partial charge in [0.1, 0.15) is 17.5 Å². The quantitative estimate of drug-likeness (QED) is 0.139. The van der Waals surface area contributed by atoms with Gasteiger partial charge in [-0.05, 0) is 67.9 Å². The highest BCUT2D eigenvalue weighted by Gasteiger charge is 2.08. The van der Waals surface area contributed by atoms with Crippen LogP contribution in [0.25, 0.3) is 33.6 Å². The van der Waals surface area contributed by atoms with Crippen molar-refractivity contribution in [2.75, 3.05) is 29.6 Å². The molecule has 0 aliphatic heterocycles. The van der Waals surface area contributed by atoms with Gasteiger partial charge in [-0.1, -0.05) is 64.5 Å². The molecule has 0 atom stereocenters. The molecule has 0 saturated heterocycles. The van der Waals surface area contributed by atoms with Crippen molar-refractivity contribution < 1.29 is 0 Å². The summed E-state index contributed by atoms with van der Waals surface area (Å²) in [4.78, 5) is 24.6. The lowest BCUT2D eigenvalue weighted by atomic mass is 10.0. The number of aryl methyl sites for hydroxylation is 2. The highest BCUT2D eigenvalue weighted by Crippen LogP contribution is 2.30. The third-order valence-electron chi connectivity index (χ3n) is 7.12. The first-order valence-electron chi connectivity index (χ1n) is 15.1. The van der Waals surface area contributed by atoms with Crippen molar-refractivity contribution >= 4 is 66.3 Å². The third-order valence-corrected chi connectivity index (χ3v) is 9.16. The standard InChI is InChI=1S/C22H21N5S.C15H12BrN3S.H3N/c1-15-5-4-6-20(24-15)26-22-25-19(14-28-22)17-9-7-16(8-10-17)18-11-12-21(23-13-18)27(2)3;1-10-3-2-4-14(17-10)19-15-18-13(9-20-15)11-5-7-12(16)8-6-11;/h4-14H,1-3H3,(H,24,25,26);2-9H,1H3,(H,17,18,19);1H3. The number of thiazole rings is 2. The Balaban J connectivity index is 0.000000197. The summed E-state index contributed by atoms with van der Waals surface area (Å²) >= 11 is 6.58. The van der Waals surface area contributed by atoms with Crippen molar-refractivity contribution in [1.82, 2.24) is 31.1 Å². The summed E-state index contributed by atoms with van der Waals surface area (Å²) in [6, 6.07) is 32.5. The van der Waals surface area contributed by atoms with Crippen molar-refractivity contribution in [3.05, 3.63) is 130 Å². The zero-order valence-electron chi connectivity index (χ0n) is 27.6. The Kier molecular flexibility index (Phi) is 11.8. The van der Waals surface area contributed by atoms with Gasteiger partial charge in [0, 0.05) is 63.6 Å². The number of hydrogen-bond donors (Lipinski definition) is 3. The van der Waals surface area contributed by atoms with Crippen LogP contribution in [0.15, 0.2) is 118 Å². The Labute approximate surface area is 302 Å². The van der Waals surface area contributed by atoms with Crippen LogP contribution in [0.4, 0.5) is 27.7 Å². The van der Waals surface area contributed by atoms with E-state index in [1.165, 1.54) is 0 Å². The Morgan fingerprint density at radius 2 is 1.04 bits per heavy atom. The summed E-state index contributed by atoms with van der Waals surface area (Å²) in [6.45, 7) is 3.95. The normalized spacial score (nSPS) is 10.4. The number of halogens is 1. The third kappa shape index (κ3) is 9.55. The number of anilines is 5. The summed E-state index contributed by atoms with van der Waals surface area (Å²) < 4.78 is 1.07. The maximum atomic E-state index is 4.69. The number of benzene rings is 2. The van der Waals surface area contributed by atoms with E-state index in [4.69, 9.17) is 0 Å². The predicted molar refractivity (Wildman–Crippen MR) is 210 cm³/mol. The fourth-order valence-electron chi connectivity index (χ4n) is 4.65. The zero-order chi connectivity index (χ0) is 33.5. The van der Waals surface area contributed by atoms with Crippen LogP contribution in [0.2, 0.25) is 0 Å². The molecule has 7 rings (SSSR count). The van der Waals surface area contributed by atoms with Crippen LogP contribution < -0.4 is 21.7 Å². The molecular weight excluding hydrogens is 715 g/mol. The zero-order valence-corrected chi connectivity index (χ0v) is 30.8. The van der Waals surface area contributed by atoms with E-state index in [0.29, 0.717) is 0 Å². The largest absolute Gasteiger partial charge is 0.363 e. The summed E-state index contributed by atoms with van der Waals surface area (Å²) in [5.41, 5.74) is 8.32. The average Bonchev–Trinajstić information content (AvgIpc) is 3.76. The number of hydrogen-bond acceptors (Lipinski definition) is 11. The van der Waals surface area contributed by atoms with E-state index in [1.54, 1.807) is 22.7 Å². The van der Waals surface area contributed by atoms with Gasteiger partial charge in [-0.2, -0.15) is 0 Å². The Bertz CT molecular complexity index is 2090. The van der Waals surface area contributed by atoms with Gasteiger partial charge in [-0.3, -0.25) is 0 Å². The summed E-state index contributed by atoms with van der Waals surface area (Å²) in [5.74, 6) is 2.58. The van der Waals surface area contributed by atoms with Crippen molar-refractivity contribution in [3.8, 4) is 33.6 Å². The van der Waals surface area contributed by atoms with Crippen LogP contribution in [0.3, 0.4) is 0 Å². The molecule has 0 unspecified atom stereocenters. The fourth-order valence-corrected chi connectivity index (χ4v) is 6.36. The second-order valence-corrected chi connectivity index (χ2v) is 13.7. The molecule has 12 heteroatoms. The van der Waals surface area contributed by atoms with Crippen LogP contribution in [0, 0.1) is 13.8 Å². The topological polar surface area (TPSA) is 127 Å². The minimum absolute atomic E-state index is 0. The maximum absolute atomic E-state index is 4.69. The van der Waals surface area contributed by atoms with Crippen LogP contribution in [-0.4, -0.2) is 39.0 Å². The van der Waals surface area contributed by atoms with E-state index in [9.17, 15) is 0 Å². The fraction of sp³-hybridized carbons (Fsp3) is 0.108. The minimum Gasteiger partial charge on any atom is -0.363 e. The first kappa shape index (κ1) is 35.3. The van der Waals surface area contributed by atoms with Crippen LogP contribution in [-0.2, 0) is 0 Å². The molecule has 2 aromatic carbocycles. The summed E-state index contributed by atoms with van der Waals surface area (Å²) in [7, 11) is 3.98. The highest BCUT2D eigenvalue weighted by molar-refractivity contribution is 9.10. The molecule has 248 valence electrons. The molecule has 5 N–H and O–H groups in total. The molecule has 49 heavy (non-hydrogen) atoms. The van der Waals surface area contributed by atoms with E-state index in [1.807, 2.05) is 111 Å². The van der Waals surface area contributed by atoms with Gasteiger partial charge in [0.25, 0.3) is 0 Å². The van der Waals surface area contributed by atoms with E-state index in [0.717, 1.165) is 77.2 Å². The first-order valence-corrected chi connectivity index (χ1v) is 17.7. The van der Waals surface area contributed by atoms with Crippen molar-refractivity contribution in [2.24, 2.45) is 0 Å². The van der Waals surface area contributed by atoms with Crippen LogP contribution in [0.1, 0.15) is 11.4 Å². The summed E-state index contributed by atoms with van der Waals surface area (Å²) in [6.07, 6.45) is 1.91. The van der Waals surface area contributed by atoms with Gasteiger partial charge in [-0.15, -0.1) is 22.7 Å². The van der Waals surface area contributed by atoms with Gasteiger partial charge < -0.3 is 21.7 Å². The van der Waals surface area contributed by atoms with Crippen LogP contribution in [0.5, 0.6) is 0 Å². The van der Waals surface area contributed by atoms with Gasteiger partial charge in [0.05, 0.1) is 11.4 Å². The van der Waals surface area contributed by atoms with Gasteiger partial charge in [0.2, 0.25) is 0 Å². The second kappa shape index (κ2) is 16.4. The van der Waals surface area contributed by atoms with Crippen molar-refractivity contribution in [1.29, 1.82) is 0 Å². The van der Waals surface area contributed by atoms with E-state index in [-0.39, 0.29) is 6.15 Å². The summed E-state index contributed by atoms with van der Waals surface area (Å²) in [5, 5.41) is 12.3. The molecule has 7 aromatic rings. The molecule has 0 radical (unpaired) electrons. The van der Waals surface area contributed by atoms with Gasteiger partial charge in [0.15, 0.2) is 10.3 Å². The van der Waals surface area contributed by atoms with Crippen molar-refractivity contribution in [2.45, 2.75) is 13.8 Å². The predicted octanol–water partition coefficient (Wildman–Crippen LogP) is 10.6. The molecule has 0 aliphatic carbocycles.